The summed E-state index contributed by atoms with van der Waals surface area (Å²) in [7, 11) is 0. The van der Waals surface area contributed by atoms with Crippen molar-refractivity contribution >= 4 is 0 Å². The van der Waals surface area contributed by atoms with E-state index in [1.54, 1.807) is 18.4 Å². The van der Waals surface area contributed by atoms with Crippen LogP contribution in [0.2, 0.25) is 0 Å². The van der Waals surface area contributed by atoms with Crippen molar-refractivity contribution in [3.8, 4) is 11.5 Å². The van der Waals surface area contributed by atoms with E-state index in [2.05, 4.69) is 23.7 Å². The van der Waals surface area contributed by atoms with Crippen molar-refractivity contribution in [1.82, 2.24) is 9.88 Å². The number of aromatic nitrogens is 1. The normalized spacial score (nSPS) is 23.4. The van der Waals surface area contributed by atoms with E-state index in [0.29, 0.717) is 11.9 Å². The Bertz CT molecular complexity index is 597. The number of hydrogen-bond acceptors (Lipinski definition) is 4. The zero-order chi connectivity index (χ0) is 14.8. The Balaban J connectivity index is 1.71. The van der Waals surface area contributed by atoms with Gasteiger partial charge in [-0.15, -0.1) is 0 Å². The summed E-state index contributed by atoms with van der Waals surface area (Å²) in [5.41, 5.74) is 1.67. The van der Waals surface area contributed by atoms with Gasteiger partial charge in [-0.05, 0) is 38.1 Å². The number of hydrogen-bond donors (Lipinski definition) is 0. The molecule has 0 N–H and O–H groups in total. The topological polar surface area (TPSA) is 38.5 Å². The highest BCUT2D eigenvalue weighted by Crippen LogP contribution is 2.21. The van der Waals surface area contributed by atoms with Gasteiger partial charge in [0.25, 0.3) is 0 Å². The first-order chi connectivity index (χ1) is 10.1. The number of ether oxygens (including phenoxy) is 1. The minimum Gasteiger partial charge on any atom is -0.444 e. The first-order valence-corrected chi connectivity index (χ1v) is 7.18. The number of halogens is 1. The fourth-order valence-corrected chi connectivity index (χ4v) is 2.50. The third-order valence-electron chi connectivity index (χ3n) is 3.74. The van der Waals surface area contributed by atoms with Crippen LogP contribution < -0.4 is 0 Å². The third kappa shape index (κ3) is 3.31. The highest BCUT2D eigenvalue weighted by molar-refractivity contribution is 5.52. The van der Waals surface area contributed by atoms with Crippen molar-refractivity contribution in [2.24, 2.45) is 0 Å². The molecule has 0 amide bonds. The predicted octanol–water partition coefficient (Wildman–Crippen LogP) is 3.09. The summed E-state index contributed by atoms with van der Waals surface area (Å²) < 4.78 is 24.1. The third-order valence-corrected chi connectivity index (χ3v) is 3.74. The van der Waals surface area contributed by atoms with Gasteiger partial charge in [-0.25, -0.2) is 9.37 Å². The standard InChI is InChI=1S/C16H19FN2O2/c1-11-9-20-12(2)7-19(11)8-15-10-21-16(18-15)13-3-5-14(17)6-4-13/h3-6,10-12H,7-9H2,1-2H3. The molecule has 4 nitrogen and oxygen atoms in total. The Morgan fingerprint density at radius 1 is 1.29 bits per heavy atom. The summed E-state index contributed by atoms with van der Waals surface area (Å²) in [5.74, 6) is 0.264. The second-order valence-corrected chi connectivity index (χ2v) is 5.57. The summed E-state index contributed by atoms with van der Waals surface area (Å²) in [5, 5.41) is 0. The summed E-state index contributed by atoms with van der Waals surface area (Å²) in [6.45, 7) is 6.59. The molecular weight excluding hydrogens is 271 g/mol. The molecule has 2 atom stereocenters. The fraction of sp³-hybridized carbons (Fsp3) is 0.438. The van der Waals surface area contributed by atoms with E-state index in [0.717, 1.165) is 31.0 Å². The molecule has 1 fully saturated rings. The van der Waals surface area contributed by atoms with Crippen molar-refractivity contribution in [3.05, 3.63) is 42.0 Å². The van der Waals surface area contributed by atoms with Crippen LogP contribution in [0.25, 0.3) is 11.5 Å². The molecule has 5 heteroatoms. The van der Waals surface area contributed by atoms with Crippen LogP contribution in [0, 0.1) is 5.82 Å². The Morgan fingerprint density at radius 2 is 2.05 bits per heavy atom. The number of rotatable bonds is 3. The van der Waals surface area contributed by atoms with Crippen LogP contribution in [0.15, 0.2) is 34.9 Å². The van der Waals surface area contributed by atoms with E-state index in [1.807, 2.05) is 0 Å². The first kappa shape index (κ1) is 14.2. The van der Waals surface area contributed by atoms with Crippen molar-refractivity contribution in [2.45, 2.75) is 32.5 Å². The summed E-state index contributed by atoms with van der Waals surface area (Å²) in [6.07, 6.45) is 1.91. The van der Waals surface area contributed by atoms with Crippen LogP contribution in [0.3, 0.4) is 0 Å². The molecule has 112 valence electrons. The van der Waals surface area contributed by atoms with Gasteiger partial charge in [-0.2, -0.15) is 0 Å². The van der Waals surface area contributed by atoms with Gasteiger partial charge in [0.1, 0.15) is 12.1 Å². The number of oxazole rings is 1. The fourth-order valence-electron chi connectivity index (χ4n) is 2.50. The summed E-state index contributed by atoms with van der Waals surface area (Å²) >= 11 is 0. The molecule has 0 aliphatic carbocycles. The Labute approximate surface area is 123 Å². The molecule has 0 saturated carbocycles. The smallest absolute Gasteiger partial charge is 0.226 e. The quantitative estimate of drug-likeness (QED) is 0.870. The summed E-state index contributed by atoms with van der Waals surface area (Å²) in [6, 6.07) is 6.53. The molecule has 1 aromatic carbocycles. The largest absolute Gasteiger partial charge is 0.444 e. The van der Waals surface area contributed by atoms with Gasteiger partial charge >= 0.3 is 0 Å². The molecule has 0 radical (unpaired) electrons. The molecule has 1 aromatic heterocycles. The lowest BCUT2D eigenvalue weighted by Gasteiger charge is -2.36. The van der Waals surface area contributed by atoms with E-state index in [1.165, 1.54) is 12.1 Å². The maximum atomic E-state index is 12.9. The van der Waals surface area contributed by atoms with Gasteiger partial charge in [-0.1, -0.05) is 0 Å². The lowest BCUT2D eigenvalue weighted by atomic mass is 10.2. The second kappa shape index (κ2) is 5.95. The Kier molecular flexibility index (Phi) is 4.03. The van der Waals surface area contributed by atoms with Gasteiger partial charge in [-0.3, -0.25) is 4.90 Å². The van der Waals surface area contributed by atoms with Crippen LogP contribution in [0.4, 0.5) is 4.39 Å². The number of morpholine rings is 1. The monoisotopic (exact) mass is 290 g/mol. The van der Waals surface area contributed by atoms with Gasteiger partial charge < -0.3 is 9.15 Å². The highest BCUT2D eigenvalue weighted by atomic mass is 19.1. The average Bonchev–Trinajstić information content (AvgIpc) is 2.92. The highest BCUT2D eigenvalue weighted by Gasteiger charge is 2.24. The van der Waals surface area contributed by atoms with Crippen molar-refractivity contribution in [3.63, 3.8) is 0 Å². The Morgan fingerprint density at radius 3 is 2.81 bits per heavy atom. The molecule has 2 unspecified atom stereocenters. The van der Waals surface area contributed by atoms with Gasteiger partial charge in [0, 0.05) is 24.7 Å². The maximum absolute atomic E-state index is 12.9. The number of benzene rings is 1. The first-order valence-electron chi connectivity index (χ1n) is 7.18. The minimum absolute atomic E-state index is 0.240. The molecule has 21 heavy (non-hydrogen) atoms. The molecule has 2 heterocycles. The van der Waals surface area contributed by atoms with Crippen molar-refractivity contribution in [1.29, 1.82) is 0 Å². The van der Waals surface area contributed by atoms with Gasteiger partial charge in [0.15, 0.2) is 0 Å². The molecule has 2 aromatic rings. The van der Waals surface area contributed by atoms with Crippen LogP contribution >= 0.6 is 0 Å². The molecule has 1 aliphatic rings. The molecule has 0 bridgehead atoms. The molecule has 1 saturated heterocycles. The minimum atomic E-state index is -0.262. The SMILES string of the molecule is CC1CN(Cc2coc(-c3ccc(F)cc3)n2)C(C)CO1. The summed E-state index contributed by atoms with van der Waals surface area (Å²) in [4.78, 5) is 6.83. The lowest BCUT2D eigenvalue weighted by Crippen LogP contribution is -2.46. The van der Waals surface area contributed by atoms with Crippen LogP contribution in [-0.2, 0) is 11.3 Å². The van der Waals surface area contributed by atoms with E-state index in [4.69, 9.17) is 9.15 Å². The molecule has 0 spiro atoms. The van der Waals surface area contributed by atoms with Crippen molar-refractivity contribution < 1.29 is 13.5 Å². The molecule has 3 rings (SSSR count). The van der Waals surface area contributed by atoms with E-state index < -0.39 is 0 Å². The van der Waals surface area contributed by atoms with Crippen LogP contribution in [0.1, 0.15) is 19.5 Å². The van der Waals surface area contributed by atoms with Gasteiger partial charge in [0.2, 0.25) is 5.89 Å². The molecular formula is C16H19FN2O2. The lowest BCUT2D eigenvalue weighted by molar-refractivity contribution is -0.0530. The van der Waals surface area contributed by atoms with E-state index in [9.17, 15) is 4.39 Å². The molecule has 1 aliphatic heterocycles. The Hall–Kier alpha value is -1.72. The van der Waals surface area contributed by atoms with Crippen molar-refractivity contribution in [2.75, 3.05) is 13.2 Å². The number of nitrogens with zero attached hydrogens (tertiary/aromatic N) is 2. The average molecular weight is 290 g/mol. The zero-order valence-corrected chi connectivity index (χ0v) is 12.3. The predicted molar refractivity (Wildman–Crippen MR) is 77.2 cm³/mol. The van der Waals surface area contributed by atoms with Crippen LogP contribution in [-0.4, -0.2) is 35.2 Å². The maximum Gasteiger partial charge on any atom is 0.226 e. The van der Waals surface area contributed by atoms with E-state index in [-0.39, 0.29) is 11.9 Å². The van der Waals surface area contributed by atoms with Crippen LogP contribution in [0.5, 0.6) is 0 Å². The van der Waals surface area contributed by atoms with E-state index >= 15 is 0 Å². The second-order valence-electron chi connectivity index (χ2n) is 5.57. The van der Waals surface area contributed by atoms with Gasteiger partial charge in [0.05, 0.1) is 18.4 Å². The zero-order valence-electron chi connectivity index (χ0n) is 12.3.